The van der Waals surface area contributed by atoms with Crippen molar-refractivity contribution >= 4 is 27.3 Å². The molecule has 0 N–H and O–H groups in total. The van der Waals surface area contributed by atoms with Gasteiger partial charge in [0, 0.05) is 45.8 Å². The highest BCUT2D eigenvalue weighted by Gasteiger charge is 2.33. The van der Waals surface area contributed by atoms with Crippen molar-refractivity contribution in [3.05, 3.63) is 40.1 Å². The van der Waals surface area contributed by atoms with Crippen LogP contribution < -0.4 is 9.47 Å². The largest absolute Gasteiger partial charge is 0.493 e. The number of benzene rings is 1. The van der Waals surface area contributed by atoms with Gasteiger partial charge in [0.15, 0.2) is 11.5 Å². The number of methoxy groups -OCH3 is 2. The molecule has 4 rings (SSSR count). The van der Waals surface area contributed by atoms with E-state index in [0.29, 0.717) is 42.6 Å². The highest BCUT2D eigenvalue weighted by molar-refractivity contribution is 7.89. The van der Waals surface area contributed by atoms with Crippen molar-refractivity contribution in [3.8, 4) is 11.5 Å². The smallest absolute Gasteiger partial charge is 0.265 e. The first-order valence-electron chi connectivity index (χ1n) is 10.7. The maximum Gasteiger partial charge on any atom is 0.265 e. The third kappa shape index (κ3) is 4.63. The number of ether oxygens (including phenoxy) is 2. The Morgan fingerprint density at radius 3 is 2.31 bits per heavy atom. The molecule has 1 amide bonds. The molecule has 2 aliphatic rings. The number of amides is 1. The number of nitrogens with zero attached hydrogens (tertiary/aromatic N) is 3. The van der Waals surface area contributed by atoms with Gasteiger partial charge in [-0.2, -0.15) is 4.31 Å². The molecular weight excluding hydrogens is 450 g/mol. The van der Waals surface area contributed by atoms with Crippen molar-refractivity contribution in [3.63, 3.8) is 0 Å². The van der Waals surface area contributed by atoms with Gasteiger partial charge in [-0.3, -0.25) is 9.69 Å². The van der Waals surface area contributed by atoms with Crippen LogP contribution in [-0.2, 0) is 16.6 Å². The Kier molecular flexibility index (Phi) is 7.04. The lowest BCUT2D eigenvalue weighted by Gasteiger charge is -2.34. The van der Waals surface area contributed by atoms with Gasteiger partial charge in [0.2, 0.25) is 10.0 Å². The van der Waals surface area contributed by atoms with Gasteiger partial charge in [0.05, 0.1) is 14.2 Å². The summed E-state index contributed by atoms with van der Waals surface area (Å²) >= 11 is 1.21. The first-order valence-corrected chi connectivity index (χ1v) is 13.1. The Morgan fingerprint density at radius 2 is 1.66 bits per heavy atom. The number of hydrogen-bond donors (Lipinski definition) is 0. The predicted octanol–water partition coefficient (Wildman–Crippen LogP) is 2.51. The van der Waals surface area contributed by atoms with E-state index >= 15 is 0 Å². The zero-order chi connectivity index (χ0) is 22.7. The normalized spacial score (nSPS) is 18.1. The zero-order valence-corrected chi connectivity index (χ0v) is 20.1. The van der Waals surface area contributed by atoms with E-state index in [4.69, 9.17) is 9.47 Å². The highest BCUT2D eigenvalue weighted by atomic mass is 32.2. The summed E-state index contributed by atoms with van der Waals surface area (Å²) in [5, 5.41) is 1.70. The molecule has 2 fully saturated rings. The Hall–Kier alpha value is -2.14. The molecule has 2 aromatic rings. The predicted molar refractivity (Wildman–Crippen MR) is 123 cm³/mol. The van der Waals surface area contributed by atoms with Crippen LogP contribution in [0.25, 0.3) is 0 Å². The van der Waals surface area contributed by atoms with Gasteiger partial charge >= 0.3 is 0 Å². The third-order valence-electron chi connectivity index (χ3n) is 6.02. The molecule has 0 unspecified atom stereocenters. The van der Waals surface area contributed by atoms with E-state index in [1.807, 2.05) is 18.2 Å². The summed E-state index contributed by atoms with van der Waals surface area (Å²) < 4.78 is 38.2. The molecule has 8 nitrogen and oxygen atoms in total. The molecule has 32 heavy (non-hydrogen) atoms. The summed E-state index contributed by atoms with van der Waals surface area (Å²) in [6.07, 6.45) is 1.74. The third-order valence-corrected chi connectivity index (χ3v) is 8.99. The minimum Gasteiger partial charge on any atom is -0.493 e. The molecule has 2 saturated heterocycles. The average Bonchev–Trinajstić information content (AvgIpc) is 3.52. The lowest BCUT2D eigenvalue weighted by Crippen LogP contribution is -2.48. The van der Waals surface area contributed by atoms with Crippen LogP contribution in [0, 0.1) is 0 Å². The van der Waals surface area contributed by atoms with Crippen LogP contribution in [-0.4, -0.2) is 81.9 Å². The fourth-order valence-electron chi connectivity index (χ4n) is 4.21. The van der Waals surface area contributed by atoms with Crippen molar-refractivity contribution in [1.82, 2.24) is 14.1 Å². The van der Waals surface area contributed by atoms with Crippen molar-refractivity contribution < 1.29 is 22.7 Å². The van der Waals surface area contributed by atoms with Gasteiger partial charge in [-0.15, -0.1) is 11.3 Å². The highest BCUT2D eigenvalue weighted by Crippen LogP contribution is 2.30. The fourth-order valence-corrected chi connectivity index (χ4v) is 7.09. The molecule has 0 saturated carbocycles. The second kappa shape index (κ2) is 9.78. The fraction of sp³-hybridized carbons (Fsp3) is 0.500. The van der Waals surface area contributed by atoms with Crippen LogP contribution in [0.3, 0.4) is 0 Å². The van der Waals surface area contributed by atoms with Crippen LogP contribution in [0.4, 0.5) is 0 Å². The number of thiophene rings is 1. The number of piperazine rings is 1. The molecular formula is C22H29N3O5S2. The summed E-state index contributed by atoms with van der Waals surface area (Å²) in [5.41, 5.74) is 1.11. The minimum atomic E-state index is -3.61. The molecule has 0 spiro atoms. The first-order chi connectivity index (χ1) is 15.4. The molecule has 0 aliphatic carbocycles. The van der Waals surface area contributed by atoms with E-state index in [9.17, 15) is 13.2 Å². The van der Waals surface area contributed by atoms with E-state index in [-0.39, 0.29) is 10.8 Å². The Labute approximate surface area is 193 Å². The average molecular weight is 480 g/mol. The number of carbonyl (C=O) groups is 1. The lowest BCUT2D eigenvalue weighted by atomic mass is 10.1. The molecule has 174 valence electrons. The van der Waals surface area contributed by atoms with Gasteiger partial charge in [0.25, 0.3) is 5.91 Å². The molecule has 10 heteroatoms. The Balaban J connectivity index is 1.39. The van der Waals surface area contributed by atoms with Crippen LogP contribution in [0.2, 0.25) is 0 Å². The SMILES string of the molecule is COc1ccc(CN2CCN(C(=O)c3sccc3S(=O)(=O)N3CCCC3)CC2)cc1OC. The number of hydrogen-bond acceptors (Lipinski definition) is 7. The Morgan fingerprint density at radius 1 is 0.969 bits per heavy atom. The van der Waals surface area contributed by atoms with Crippen LogP contribution in [0.5, 0.6) is 11.5 Å². The van der Waals surface area contributed by atoms with E-state index in [2.05, 4.69) is 4.90 Å². The topological polar surface area (TPSA) is 79.4 Å². The number of carbonyl (C=O) groups excluding carboxylic acids is 1. The summed E-state index contributed by atoms with van der Waals surface area (Å²) in [5.74, 6) is 1.20. The first kappa shape index (κ1) is 23.0. The summed E-state index contributed by atoms with van der Waals surface area (Å²) in [6, 6.07) is 7.45. The molecule has 1 aromatic heterocycles. The standard InChI is InChI=1S/C22H29N3O5S2/c1-29-18-6-5-17(15-19(18)30-2)16-23-10-12-24(13-11-23)22(26)21-20(7-14-31-21)32(27,28)25-8-3-4-9-25/h5-7,14-15H,3-4,8-13,16H2,1-2H3. The van der Waals surface area contributed by atoms with Gasteiger partial charge < -0.3 is 14.4 Å². The zero-order valence-electron chi connectivity index (χ0n) is 18.5. The van der Waals surface area contributed by atoms with Crippen molar-refractivity contribution in [2.45, 2.75) is 24.3 Å². The van der Waals surface area contributed by atoms with E-state index < -0.39 is 10.0 Å². The van der Waals surface area contributed by atoms with Crippen LogP contribution in [0.1, 0.15) is 28.1 Å². The molecule has 1 aromatic carbocycles. The van der Waals surface area contributed by atoms with Gasteiger partial charge in [-0.25, -0.2) is 8.42 Å². The maximum atomic E-state index is 13.2. The lowest BCUT2D eigenvalue weighted by molar-refractivity contribution is 0.0629. The van der Waals surface area contributed by atoms with E-state index in [1.165, 1.54) is 15.6 Å². The second-order valence-electron chi connectivity index (χ2n) is 7.98. The Bertz CT molecular complexity index is 1060. The summed E-state index contributed by atoms with van der Waals surface area (Å²) in [6.45, 7) is 4.37. The summed E-state index contributed by atoms with van der Waals surface area (Å²) in [4.78, 5) is 17.7. The van der Waals surface area contributed by atoms with Gasteiger partial charge in [0.1, 0.15) is 9.77 Å². The van der Waals surface area contributed by atoms with Gasteiger partial charge in [-0.1, -0.05) is 6.07 Å². The van der Waals surface area contributed by atoms with Gasteiger partial charge in [-0.05, 0) is 42.0 Å². The molecule has 0 radical (unpaired) electrons. The van der Waals surface area contributed by atoms with Crippen LogP contribution in [0.15, 0.2) is 34.5 Å². The molecule has 0 bridgehead atoms. The molecule has 0 atom stereocenters. The van der Waals surface area contributed by atoms with Crippen molar-refractivity contribution in [2.75, 3.05) is 53.5 Å². The summed E-state index contributed by atoms with van der Waals surface area (Å²) in [7, 11) is -0.376. The maximum absolute atomic E-state index is 13.2. The monoisotopic (exact) mass is 479 g/mol. The molecule has 3 heterocycles. The molecule has 2 aliphatic heterocycles. The number of rotatable bonds is 7. The van der Waals surface area contributed by atoms with Crippen molar-refractivity contribution in [2.24, 2.45) is 0 Å². The van der Waals surface area contributed by atoms with E-state index in [0.717, 1.165) is 38.0 Å². The van der Waals surface area contributed by atoms with E-state index in [1.54, 1.807) is 30.6 Å². The van der Waals surface area contributed by atoms with Crippen molar-refractivity contribution in [1.29, 1.82) is 0 Å². The number of sulfonamides is 1. The quantitative estimate of drug-likeness (QED) is 0.607. The minimum absolute atomic E-state index is 0.155. The van der Waals surface area contributed by atoms with Crippen LogP contribution >= 0.6 is 11.3 Å². The second-order valence-corrected chi connectivity index (χ2v) is 10.8.